The molecule has 0 spiro atoms. The number of aryl methyl sites for hydroxylation is 1. The van der Waals surface area contributed by atoms with Gasteiger partial charge in [-0.3, -0.25) is 9.67 Å². The largest absolute Gasteiger partial charge is 0.388 e. The molecule has 3 rings (SSSR count). The van der Waals surface area contributed by atoms with Crippen molar-refractivity contribution in [2.45, 2.75) is 19.4 Å². The molecule has 0 fully saturated rings. The van der Waals surface area contributed by atoms with Crippen molar-refractivity contribution in [3.8, 4) is 0 Å². The van der Waals surface area contributed by atoms with Gasteiger partial charge in [-0.05, 0) is 19.1 Å². The van der Waals surface area contributed by atoms with Crippen LogP contribution in [0.4, 0.5) is 0 Å². The molecule has 1 atom stereocenters. The summed E-state index contributed by atoms with van der Waals surface area (Å²) in [5, 5.41) is 15.6. The zero-order valence-electron chi connectivity index (χ0n) is 11.6. The van der Waals surface area contributed by atoms with E-state index in [2.05, 4.69) is 10.1 Å². The Labute approximate surface area is 117 Å². The van der Waals surface area contributed by atoms with E-state index in [4.69, 9.17) is 0 Å². The average molecular weight is 267 g/mol. The van der Waals surface area contributed by atoms with Gasteiger partial charge in [-0.1, -0.05) is 24.3 Å². The quantitative estimate of drug-likeness (QED) is 0.793. The van der Waals surface area contributed by atoms with Crippen LogP contribution in [0.5, 0.6) is 0 Å². The maximum atomic E-state index is 10.3. The first-order chi connectivity index (χ1) is 9.65. The SMILES string of the molecule is Cc1c(C(O)Cc2ccc3ccccc3n2)cnn1C. The predicted octanol–water partition coefficient (Wildman–Crippen LogP) is 2.55. The van der Waals surface area contributed by atoms with E-state index in [0.717, 1.165) is 27.9 Å². The molecule has 0 aliphatic heterocycles. The second kappa shape index (κ2) is 5.06. The molecule has 0 aliphatic rings. The average Bonchev–Trinajstić information content (AvgIpc) is 2.79. The fraction of sp³-hybridized carbons (Fsp3) is 0.250. The number of hydrogen-bond acceptors (Lipinski definition) is 3. The number of aromatic nitrogens is 3. The fourth-order valence-electron chi connectivity index (χ4n) is 2.37. The molecule has 20 heavy (non-hydrogen) atoms. The summed E-state index contributed by atoms with van der Waals surface area (Å²) in [7, 11) is 1.87. The van der Waals surface area contributed by atoms with E-state index in [1.165, 1.54) is 0 Å². The maximum absolute atomic E-state index is 10.3. The predicted molar refractivity (Wildman–Crippen MR) is 78.4 cm³/mol. The Morgan fingerprint density at radius 1 is 1.20 bits per heavy atom. The second-order valence-electron chi connectivity index (χ2n) is 5.02. The molecule has 0 aliphatic carbocycles. The summed E-state index contributed by atoms with van der Waals surface area (Å²) >= 11 is 0. The lowest BCUT2D eigenvalue weighted by molar-refractivity contribution is 0.176. The number of pyridine rings is 1. The number of benzene rings is 1. The van der Waals surface area contributed by atoms with Gasteiger partial charge in [0.05, 0.1) is 17.8 Å². The van der Waals surface area contributed by atoms with Crippen LogP contribution in [-0.4, -0.2) is 19.9 Å². The molecule has 0 saturated carbocycles. The Balaban J connectivity index is 1.87. The highest BCUT2D eigenvalue weighted by Crippen LogP contribution is 2.21. The van der Waals surface area contributed by atoms with Crippen LogP contribution in [-0.2, 0) is 13.5 Å². The lowest BCUT2D eigenvalue weighted by atomic mass is 10.0. The Morgan fingerprint density at radius 3 is 2.75 bits per heavy atom. The molecule has 4 heteroatoms. The monoisotopic (exact) mass is 267 g/mol. The first-order valence-electron chi connectivity index (χ1n) is 6.66. The molecule has 3 aromatic rings. The van der Waals surface area contributed by atoms with Crippen molar-refractivity contribution < 1.29 is 5.11 Å². The molecule has 1 N–H and O–H groups in total. The van der Waals surface area contributed by atoms with Crippen molar-refractivity contribution in [2.24, 2.45) is 7.05 Å². The first-order valence-corrected chi connectivity index (χ1v) is 6.66. The number of rotatable bonds is 3. The summed E-state index contributed by atoms with van der Waals surface area (Å²) in [5.74, 6) is 0. The number of hydrogen-bond donors (Lipinski definition) is 1. The summed E-state index contributed by atoms with van der Waals surface area (Å²) in [6, 6.07) is 12.0. The molecule has 0 radical (unpaired) electrons. The maximum Gasteiger partial charge on any atom is 0.0878 e. The van der Waals surface area contributed by atoms with Crippen LogP contribution in [0.15, 0.2) is 42.6 Å². The van der Waals surface area contributed by atoms with Crippen molar-refractivity contribution in [1.29, 1.82) is 0 Å². The van der Waals surface area contributed by atoms with E-state index >= 15 is 0 Å². The third-order valence-electron chi connectivity index (χ3n) is 3.69. The molecule has 0 amide bonds. The van der Waals surface area contributed by atoms with Crippen LogP contribution in [0.3, 0.4) is 0 Å². The summed E-state index contributed by atoms with van der Waals surface area (Å²) in [6.45, 7) is 1.96. The van der Waals surface area contributed by atoms with Crippen LogP contribution in [0, 0.1) is 6.92 Å². The molecular formula is C16H17N3O. The zero-order valence-corrected chi connectivity index (χ0v) is 11.6. The minimum absolute atomic E-state index is 0.497. The van der Waals surface area contributed by atoms with Gasteiger partial charge in [-0.2, -0.15) is 5.10 Å². The molecule has 102 valence electrons. The number of aliphatic hydroxyl groups excluding tert-OH is 1. The van der Waals surface area contributed by atoms with Crippen LogP contribution < -0.4 is 0 Å². The normalized spacial score (nSPS) is 12.8. The van der Waals surface area contributed by atoms with Gasteiger partial charge in [0.1, 0.15) is 0 Å². The van der Waals surface area contributed by atoms with Gasteiger partial charge in [-0.15, -0.1) is 0 Å². The van der Waals surface area contributed by atoms with Crippen LogP contribution >= 0.6 is 0 Å². The molecule has 4 nitrogen and oxygen atoms in total. The Morgan fingerprint density at radius 2 is 2.00 bits per heavy atom. The van der Waals surface area contributed by atoms with Crippen molar-refractivity contribution in [1.82, 2.24) is 14.8 Å². The van der Waals surface area contributed by atoms with Crippen LogP contribution in [0.25, 0.3) is 10.9 Å². The van der Waals surface area contributed by atoms with Gasteiger partial charge in [0.2, 0.25) is 0 Å². The summed E-state index contributed by atoms with van der Waals surface area (Å²) in [6.07, 6.45) is 1.65. The van der Waals surface area contributed by atoms with Gasteiger partial charge in [0, 0.05) is 35.8 Å². The minimum Gasteiger partial charge on any atom is -0.388 e. The summed E-state index contributed by atoms with van der Waals surface area (Å²) < 4.78 is 1.77. The van der Waals surface area contributed by atoms with Gasteiger partial charge in [-0.25, -0.2) is 0 Å². The third kappa shape index (κ3) is 2.30. The number of para-hydroxylation sites is 1. The number of aliphatic hydroxyl groups is 1. The number of nitrogens with zero attached hydrogens (tertiary/aromatic N) is 3. The number of fused-ring (bicyclic) bond motifs is 1. The molecule has 0 saturated heterocycles. The molecule has 2 aromatic heterocycles. The van der Waals surface area contributed by atoms with E-state index in [-0.39, 0.29) is 0 Å². The molecular weight excluding hydrogens is 250 g/mol. The van der Waals surface area contributed by atoms with E-state index in [9.17, 15) is 5.11 Å². The van der Waals surface area contributed by atoms with Crippen molar-refractivity contribution in [2.75, 3.05) is 0 Å². The van der Waals surface area contributed by atoms with Crippen molar-refractivity contribution in [3.63, 3.8) is 0 Å². The summed E-state index contributed by atoms with van der Waals surface area (Å²) in [5.41, 5.74) is 3.69. The van der Waals surface area contributed by atoms with Crippen molar-refractivity contribution >= 4 is 10.9 Å². The zero-order chi connectivity index (χ0) is 14.1. The smallest absolute Gasteiger partial charge is 0.0878 e. The van der Waals surface area contributed by atoms with Gasteiger partial charge in [0.25, 0.3) is 0 Å². The van der Waals surface area contributed by atoms with E-state index in [1.807, 2.05) is 50.4 Å². The van der Waals surface area contributed by atoms with E-state index in [0.29, 0.717) is 6.42 Å². The van der Waals surface area contributed by atoms with Crippen LogP contribution in [0.1, 0.15) is 23.1 Å². The Kier molecular flexibility index (Phi) is 3.24. The lowest BCUT2D eigenvalue weighted by Gasteiger charge is -2.10. The van der Waals surface area contributed by atoms with Gasteiger partial charge >= 0.3 is 0 Å². The highest BCUT2D eigenvalue weighted by atomic mass is 16.3. The van der Waals surface area contributed by atoms with E-state index in [1.54, 1.807) is 10.9 Å². The molecule has 1 unspecified atom stereocenters. The van der Waals surface area contributed by atoms with E-state index < -0.39 is 6.10 Å². The standard InChI is InChI=1S/C16H17N3O/c1-11-14(10-17-19(11)2)16(20)9-13-8-7-12-5-3-4-6-15(12)18-13/h3-8,10,16,20H,9H2,1-2H3. The lowest BCUT2D eigenvalue weighted by Crippen LogP contribution is -2.05. The van der Waals surface area contributed by atoms with Gasteiger partial charge < -0.3 is 5.11 Å². The third-order valence-corrected chi connectivity index (χ3v) is 3.69. The first kappa shape index (κ1) is 12.8. The van der Waals surface area contributed by atoms with Crippen molar-refractivity contribution in [3.05, 3.63) is 59.5 Å². The highest BCUT2D eigenvalue weighted by Gasteiger charge is 2.15. The second-order valence-corrected chi connectivity index (χ2v) is 5.02. The molecule has 0 bridgehead atoms. The van der Waals surface area contributed by atoms with Gasteiger partial charge in [0.15, 0.2) is 0 Å². The Hall–Kier alpha value is -2.20. The topological polar surface area (TPSA) is 50.9 Å². The fourth-order valence-corrected chi connectivity index (χ4v) is 2.37. The summed E-state index contributed by atoms with van der Waals surface area (Å²) in [4.78, 5) is 4.59. The minimum atomic E-state index is -0.572. The van der Waals surface area contributed by atoms with Crippen LogP contribution in [0.2, 0.25) is 0 Å². The Bertz CT molecular complexity index is 748. The molecule has 1 aromatic carbocycles. The highest BCUT2D eigenvalue weighted by molar-refractivity contribution is 5.78. The molecule has 2 heterocycles.